The van der Waals surface area contributed by atoms with Gasteiger partial charge in [0.1, 0.15) is 30.0 Å². The van der Waals surface area contributed by atoms with Gasteiger partial charge in [-0.15, -0.1) is 11.8 Å². The SMILES string of the molecule is CC(C)(C)OC(=O)N1CSC[C@@H]1C(=O)N[C@@H](Cc1ccc(OCc2c(Cl)cccc2Cl)cc1)C(=O)O. The van der Waals surface area contributed by atoms with Crippen LogP contribution in [-0.4, -0.2) is 57.3 Å². The highest BCUT2D eigenvalue weighted by molar-refractivity contribution is 7.99. The summed E-state index contributed by atoms with van der Waals surface area (Å²) in [5.41, 5.74) is 0.657. The van der Waals surface area contributed by atoms with Crippen LogP contribution in [0.5, 0.6) is 5.75 Å². The van der Waals surface area contributed by atoms with E-state index in [1.807, 2.05) is 0 Å². The number of benzene rings is 2. The lowest BCUT2D eigenvalue weighted by Crippen LogP contribution is -2.53. The summed E-state index contributed by atoms with van der Waals surface area (Å²) in [5.74, 6) is -0.493. The summed E-state index contributed by atoms with van der Waals surface area (Å²) in [6, 6.07) is 10.1. The molecule has 2 amide bonds. The molecule has 2 N–H and O–H groups in total. The quantitative estimate of drug-likeness (QED) is 0.473. The third-order valence-electron chi connectivity index (χ3n) is 5.24. The molecule has 0 aliphatic carbocycles. The molecule has 36 heavy (non-hydrogen) atoms. The van der Waals surface area contributed by atoms with Crippen LogP contribution in [0.25, 0.3) is 0 Å². The number of ether oxygens (including phenoxy) is 2. The molecule has 1 aliphatic rings. The maximum Gasteiger partial charge on any atom is 0.411 e. The Morgan fingerprint density at radius 1 is 1.14 bits per heavy atom. The Morgan fingerprint density at radius 3 is 2.36 bits per heavy atom. The number of hydrogen-bond donors (Lipinski definition) is 2. The monoisotopic (exact) mass is 554 g/mol. The second kappa shape index (κ2) is 12.1. The van der Waals surface area contributed by atoms with E-state index in [0.29, 0.717) is 38.6 Å². The summed E-state index contributed by atoms with van der Waals surface area (Å²) in [7, 11) is 0. The standard InChI is InChI=1S/C25H28Cl2N2O6S/c1-25(2,3)35-24(33)29-14-36-13-21(29)22(30)28-20(23(31)32)11-15-7-9-16(10-8-15)34-12-17-18(26)5-4-6-19(17)27/h4-10,20-21H,11-14H2,1-3H3,(H,28,30)(H,31,32)/t20-,21+/m0/s1. The zero-order valence-electron chi connectivity index (χ0n) is 20.1. The lowest BCUT2D eigenvalue weighted by molar-refractivity contribution is -0.142. The molecule has 2 aromatic carbocycles. The number of amides is 2. The molecule has 0 spiro atoms. The van der Waals surface area contributed by atoms with Crippen LogP contribution in [0.3, 0.4) is 0 Å². The van der Waals surface area contributed by atoms with Gasteiger partial charge in [-0.25, -0.2) is 9.59 Å². The molecule has 0 unspecified atom stereocenters. The Balaban J connectivity index is 1.60. The first-order valence-electron chi connectivity index (χ1n) is 11.2. The summed E-state index contributed by atoms with van der Waals surface area (Å²) in [6.07, 6.45) is -0.544. The summed E-state index contributed by atoms with van der Waals surface area (Å²) >= 11 is 13.7. The lowest BCUT2D eigenvalue weighted by Gasteiger charge is -2.28. The third-order valence-corrected chi connectivity index (χ3v) is 6.96. The zero-order valence-corrected chi connectivity index (χ0v) is 22.5. The van der Waals surface area contributed by atoms with Crippen LogP contribution in [0.2, 0.25) is 10.0 Å². The number of aliphatic carboxylic acids is 1. The second-order valence-corrected chi connectivity index (χ2v) is 11.0. The smallest absolute Gasteiger partial charge is 0.411 e. The zero-order chi connectivity index (χ0) is 26.5. The van der Waals surface area contributed by atoms with Gasteiger partial charge < -0.3 is 19.9 Å². The Hall–Kier alpha value is -2.62. The highest BCUT2D eigenvalue weighted by Crippen LogP contribution is 2.26. The van der Waals surface area contributed by atoms with Crippen molar-refractivity contribution in [2.45, 2.75) is 51.5 Å². The summed E-state index contributed by atoms with van der Waals surface area (Å²) in [6.45, 7) is 5.41. The van der Waals surface area contributed by atoms with Gasteiger partial charge >= 0.3 is 12.1 Å². The summed E-state index contributed by atoms with van der Waals surface area (Å²) in [5, 5.41) is 13.3. The molecule has 8 nitrogen and oxygen atoms in total. The van der Waals surface area contributed by atoms with Gasteiger partial charge in [0.25, 0.3) is 0 Å². The molecule has 1 fully saturated rings. The van der Waals surface area contributed by atoms with Gasteiger partial charge in [-0.3, -0.25) is 9.69 Å². The molecule has 2 atom stereocenters. The van der Waals surface area contributed by atoms with Gasteiger partial charge in [-0.2, -0.15) is 0 Å². The Morgan fingerprint density at radius 2 is 1.78 bits per heavy atom. The van der Waals surface area contributed by atoms with Gasteiger partial charge in [0.15, 0.2) is 0 Å². The van der Waals surface area contributed by atoms with Crippen LogP contribution in [0, 0.1) is 0 Å². The van der Waals surface area contributed by atoms with E-state index in [4.69, 9.17) is 32.7 Å². The van der Waals surface area contributed by atoms with Gasteiger partial charge in [0.2, 0.25) is 5.91 Å². The summed E-state index contributed by atoms with van der Waals surface area (Å²) < 4.78 is 11.1. The number of carbonyl (C=O) groups excluding carboxylic acids is 2. The largest absolute Gasteiger partial charge is 0.489 e. The first kappa shape index (κ1) is 28.0. The van der Waals surface area contributed by atoms with E-state index >= 15 is 0 Å². The number of carbonyl (C=O) groups is 3. The first-order chi connectivity index (χ1) is 16.9. The van der Waals surface area contributed by atoms with Crippen molar-refractivity contribution in [1.82, 2.24) is 10.2 Å². The van der Waals surface area contributed by atoms with Crippen molar-refractivity contribution in [2.75, 3.05) is 11.6 Å². The molecule has 0 aromatic heterocycles. The molecule has 0 radical (unpaired) electrons. The average Bonchev–Trinajstić information content (AvgIpc) is 3.28. The fourth-order valence-electron chi connectivity index (χ4n) is 3.41. The molecular weight excluding hydrogens is 527 g/mol. The van der Waals surface area contributed by atoms with E-state index in [1.54, 1.807) is 63.2 Å². The lowest BCUT2D eigenvalue weighted by atomic mass is 10.1. The van der Waals surface area contributed by atoms with Gasteiger partial charge in [0, 0.05) is 27.8 Å². The molecule has 0 saturated carbocycles. The molecule has 2 aromatic rings. The fourth-order valence-corrected chi connectivity index (χ4v) is 5.06. The molecule has 1 aliphatic heterocycles. The van der Waals surface area contributed by atoms with Crippen LogP contribution in [0.4, 0.5) is 4.79 Å². The van der Waals surface area contributed by atoms with Crippen molar-refractivity contribution in [1.29, 1.82) is 0 Å². The average molecular weight is 555 g/mol. The van der Waals surface area contributed by atoms with E-state index in [1.165, 1.54) is 16.7 Å². The van der Waals surface area contributed by atoms with Crippen molar-refractivity contribution in [2.24, 2.45) is 0 Å². The van der Waals surface area contributed by atoms with E-state index in [0.717, 1.165) is 0 Å². The van der Waals surface area contributed by atoms with Crippen molar-refractivity contribution in [3.63, 3.8) is 0 Å². The van der Waals surface area contributed by atoms with E-state index in [9.17, 15) is 19.5 Å². The van der Waals surface area contributed by atoms with Crippen LogP contribution < -0.4 is 10.1 Å². The number of thioether (sulfide) groups is 1. The molecule has 11 heteroatoms. The first-order valence-corrected chi connectivity index (χ1v) is 13.1. The van der Waals surface area contributed by atoms with Gasteiger partial charge in [-0.05, 0) is 50.6 Å². The van der Waals surface area contributed by atoms with E-state index in [2.05, 4.69) is 5.32 Å². The van der Waals surface area contributed by atoms with Crippen LogP contribution in [0.1, 0.15) is 31.9 Å². The minimum Gasteiger partial charge on any atom is -0.489 e. The van der Waals surface area contributed by atoms with Crippen LogP contribution in [-0.2, 0) is 27.4 Å². The topological polar surface area (TPSA) is 105 Å². The van der Waals surface area contributed by atoms with Crippen LogP contribution in [0.15, 0.2) is 42.5 Å². The number of rotatable bonds is 8. The number of halogens is 2. The maximum atomic E-state index is 12.9. The second-order valence-electron chi connectivity index (χ2n) is 9.20. The number of carboxylic acids is 1. The van der Waals surface area contributed by atoms with Crippen molar-refractivity contribution < 1.29 is 29.0 Å². The Kier molecular flexibility index (Phi) is 9.38. The third kappa shape index (κ3) is 7.69. The number of carboxylic acid groups (broad SMARTS) is 1. The van der Waals surface area contributed by atoms with Crippen LogP contribution >= 0.6 is 35.0 Å². The molecule has 1 heterocycles. The van der Waals surface area contributed by atoms with Crippen molar-refractivity contribution in [3.8, 4) is 5.75 Å². The molecule has 194 valence electrons. The minimum atomic E-state index is -1.17. The van der Waals surface area contributed by atoms with Gasteiger partial charge in [-0.1, -0.05) is 41.4 Å². The normalized spacial score (nSPS) is 16.4. The highest BCUT2D eigenvalue weighted by atomic mass is 35.5. The minimum absolute atomic E-state index is 0.0595. The Bertz CT molecular complexity index is 1090. The molecule has 0 bridgehead atoms. The molecule has 3 rings (SSSR count). The predicted octanol–water partition coefficient (Wildman–Crippen LogP) is 4.99. The predicted molar refractivity (Wildman–Crippen MR) is 140 cm³/mol. The number of hydrogen-bond acceptors (Lipinski definition) is 6. The van der Waals surface area contributed by atoms with E-state index in [-0.39, 0.29) is 13.0 Å². The molecular formula is C25H28Cl2N2O6S. The number of nitrogens with one attached hydrogen (secondary N) is 1. The molecule has 1 saturated heterocycles. The van der Waals surface area contributed by atoms with Crippen molar-refractivity contribution >= 4 is 52.9 Å². The van der Waals surface area contributed by atoms with Gasteiger partial charge in [0.05, 0.1) is 5.88 Å². The number of nitrogens with zero attached hydrogens (tertiary/aromatic N) is 1. The Labute approximate surface area is 224 Å². The highest BCUT2D eigenvalue weighted by Gasteiger charge is 2.38. The maximum absolute atomic E-state index is 12.9. The fraction of sp³-hybridized carbons (Fsp3) is 0.400. The van der Waals surface area contributed by atoms with E-state index < -0.39 is 35.7 Å². The summed E-state index contributed by atoms with van der Waals surface area (Å²) in [4.78, 5) is 38.5. The van der Waals surface area contributed by atoms with Crippen molar-refractivity contribution in [3.05, 3.63) is 63.6 Å².